The van der Waals surface area contributed by atoms with Crippen molar-refractivity contribution in [1.29, 1.82) is 0 Å². The Balaban J connectivity index is 1.75. The van der Waals surface area contributed by atoms with E-state index in [0.717, 1.165) is 5.56 Å². The number of thioether (sulfide) groups is 1. The van der Waals surface area contributed by atoms with Gasteiger partial charge in [0.05, 0.1) is 31.1 Å². The van der Waals surface area contributed by atoms with Crippen molar-refractivity contribution in [3.8, 4) is 5.75 Å². The second kappa shape index (κ2) is 6.76. The number of aliphatic imine (C=N–C) groups is 1. The summed E-state index contributed by atoms with van der Waals surface area (Å²) in [4.78, 5) is 18.5. The van der Waals surface area contributed by atoms with Crippen LogP contribution in [0.1, 0.15) is 12.5 Å². The molecule has 1 aromatic rings. The molecular formula is C16H20N2O4S2. The Morgan fingerprint density at radius 3 is 2.83 bits per heavy atom. The van der Waals surface area contributed by atoms with Gasteiger partial charge in [-0.25, -0.2) is 8.42 Å². The van der Waals surface area contributed by atoms with Gasteiger partial charge in [0, 0.05) is 17.4 Å². The molecule has 0 aliphatic carbocycles. The number of fused-ring (bicyclic) bond motifs is 1. The van der Waals surface area contributed by atoms with E-state index in [1.165, 1.54) is 11.8 Å². The third-order valence-electron chi connectivity index (χ3n) is 4.27. The van der Waals surface area contributed by atoms with E-state index in [-0.39, 0.29) is 35.1 Å². The maximum Gasteiger partial charge on any atom is 0.252 e. The lowest BCUT2D eigenvalue weighted by Gasteiger charge is -2.22. The van der Waals surface area contributed by atoms with Gasteiger partial charge in [-0.15, -0.1) is 0 Å². The van der Waals surface area contributed by atoms with E-state index in [1.807, 2.05) is 36.1 Å². The lowest BCUT2D eigenvalue weighted by atomic mass is 10.1. The second-order valence-corrected chi connectivity index (χ2v) is 9.22. The van der Waals surface area contributed by atoms with Gasteiger partial charge in [-0.2, -0.15) is 4.99 Å². The second-order valence-electron chi connectivity index (χ2n) is 5.86. The van der Waals surface area contributed by atoms with Crippen LogP contribution in [0.2, 0.25) is 0 Å². The fourth-order valence-electron chi connectivity index (χ4n) is 3.16. The summed E-state index contributed by atoms with van der Waals surface area (Å²) in [6.07, 6.45) is 0.166. The zero-order valence-corrected chi connectivity index (χ0v) is 15.3. The molecule has 2 aliphatic rings. The molecule has 0 spiro atoms. The van der Waals surface area contributed by atoms with Crippen LogP contribution in [0.3, 0.4) is 0 Å². The minimum atomic E-state index is -2.98. The number of amides is 1. The van der Waals surface area contributed by atoms with Crippen molar-refractivity contribution in [3.63, 3.8) is 0 Å². The summed E-state index contributed by atoms with van der Waals surface area (Å²) < 4.78 is 28.8. The molecule has 1 amide bonds. The molecule has 2 heterocycles. The Morgan fingerprint density at radius 1 is 1.38 bits per heavy atom. The van der Waals surface area contributed by atoms with E-state index >= 15 is 0 Å². The van der Waals surface area contributed by atoms with Crippen molar-refractivity contribution in [3.05, 3.63) is 29.8 Å². The highest BCUT2D eigenvalue weighted by Gasteiger charge is 2.48. The summed E-state index contributed by atoms with van der Waals surface area (Å²) in [6.45, 7) is 2.60. The van der Waals surface area contributed by atoms with E-state index in [0.29, 0.717) is 17.5 Å². The zero-order chi connectivity index (χ0) is 17.3. The number of ether oxygens (including phenoxy) is 1. The summed E-state index contributed by atoms with van der Waals surface area (Å²) in [6, 6.07) is 7.30. The first kappa shape index (κ1) is 17.3. The van der Waals surface area contributed by atoms with Gasteiger partial charge in [0.1, 0.15) is 5.75 Å². The average Bonchev–Trinajstić information content (AvgIpc) is 2.98. The lowest BCUT2D eigenvalue weighted by Crippen LogP contribution is -2.37. The van der Waals surface area contributed by atoms with Crippen molar-refractivity contribution in [2.45, 2.75) is 24.6 Å². The number of sulfone groups is 1. The van der Waals surface area contributed by atoms with Crippen molar-refractivity contribution in [1.82, 2.24) is 4.90 Å². The molecule has 0 saturated carbocycles. The Morgan fingerprint density at radius 2 is 2.12 bits per heavy atom. The van der Waals surface area contributed by atoms with Crippen LogP contribution < -0.4 is 4.74 Å². The third-order valence-corrected chi connectivity index (χ3v) is 7.52. The molecule has 0 aromatic heterocycles. The van der Waals surface area contributed by atoms with Crippen LogP contribution in [0.4, 0.5) is 0 Å². The highest BCUT2D eigenvalue weighted by Crippen LogP contribution is 2.37. The predicted molar refractivity (Wildman–Crippen MR) is 95.3 cm³/mol. The summed E-state index contributed by atoms with van der Waals surface area (Å²) >= 11 is 1.41. The van der Waals surface area contributed by atoms with Gasteiger partial charge in [-0.05, 0) is 13.0 Å². The highest BCUT2D eigenvalue weighted by molar-refractivity contribution is 8.15. The Kier molecular flexibility index (Phi) is 4.87. The Labute approximate surface area is 146 Å². The number of carbonyl (C=O) groups is 1. The van der Waals surface area contributed by atoms with Crippen molar-refractivity contribution in [2.24, 2.45) is 4.99 Å². The fraction of sp³-hybridized carbons (Fsp3) is 0.500. The molecule has 0 radical (unpaired) electrons. The number of methoxy groups -OCH3 is 1. The van der Waals surface area contributed by atoms with E-state index in [9.17, 15) is 13.2 Å². The number of nitrogens with zero attached hydrogens (tertiary/aromatic N) is 2. The molecule has 6 nitrogen and oxygen atoms in total. The molecule has 24 heavy (non-hydrogen) atoms. The topological polar surface area (TPSA) is 76.0 Å². The summed E-state index contributed by atoms with van der Waals surface area (Å²) in [5, 5.41) is 0.620. The van der Waals surface area contributed by atoms with Gasteiger partial charge in [0.25, 0.3) is 5.91 Å². The van der Waals surface area contributed by atoms with E-state index < -0.39 is 9.84 Å². The molecule has 8 heteroatoms. The quantitative estimate of drug-likeness (QED) is 0.799. The van der Waals surface area contributed by atoms with Crippen LogP contribution in [0.15, 0.2) is 29.3 Å². The monoisotopic (exact) mass is 368 g/mol. The van der Waals surface area contributed by atoms with E-state index in [4.69, 9.17) is 4.74 Å². The SMILES string of the molecule is CCN1C(=NC(=O)Cc2ccccc2OC)SC2CS(=O)(=O)CC21. The lowest BCUT2D eigenvalue weighted by molar-refractivity contribution is -0.117. The average molecular weight is 368 g/mol. The van der Waals surface area contributed by atoms with Crippen molar-refractivity contribution >= 4 is 32.7 Å². The first-order valence-corrected chi connectivity index (χ1v) is 10.5. The maximum absolute atomic E-state index is 12.3. The van der Waals surface area contributed by atoms with Crippen LogP contribution in [-0.2, 0) is 21.1 Å². The van der Waals surface area contributed by atoms with Gasteiger partial charge in [0.2, 0.25) is 0 Å². The van der Waals surface area contributed by atoms with E-state index in [1.54, 1.807) is 7.11 Å². The predicted octanol–water partition coefficient (Wildman–Crippen LogP) is 1.35. The van der Waals surface area contributed by atoms with Crippen LogP contribution in [0.5, 0.6) is 5.75 Å². The first-order chi connectivity index (χ1) is 11.4. The molecule has 0 N–H and O–H groups in total. The molecular weight excluding hydrogens is 348 g/mol. The van der Waals surface area contributed by atoms with Crippen LogP contribution in [0.25, 0.3) is 0 Å². The molecule has 130 valence electrons. The largest absolute Gasteiger partial charge is 0.496 e. The summed E-state index contributed by atoms with van der Waals surface area (Å²) in [5.41, 5.74) is 0.795. The van der Waals surface area contributed by atoms with E-state index in [2.05, 4.69) is 4.99 Å². The standard InChI is InChI=1S/C16H20N2O4S2/c1-3-18-12-9-24(20,21)10-14(12)23-16(18)17-15(19)8-11-6-4-5-7-13(11)22-2/h4-7,12,14H,3,8-10H2,1-2H3. The zero-order valence-electron chi connectivity index (χ0n) is 13.6. The Bertz CT molecular complexity index is 776. The minimum Gasteiger partial charge on any atom is -0.496 e. The Hall–Kier alpha value is -1.54. The molecule has 2 fully saturated rings. The number of benzene rings is 1. The number of rotatable bonds is 4. The minimum absolute atomic E-state index is 0.0206. The molecule has 2 atom stereocenters. The van der Waals surface area contributed by atoms with Crippen molar-refractivity contribution < 1.29 is 17.9 Å². The van der Waals surface area contributed by atoms with Gasteiger partial charge >= 0.3 is 0 Å². The smallest absolute Gasteiger partial charge is 0.252 e. The number of hydrogen-bond acceptors (Lipinski definition) is 5. The number of carbonyl (C=O) groups excluding carboxylic acids is 1. The van der Waals surface area contributed by atoms with Crippen LogP contribution in [0, 0.1) is 0 Å². The van der Waals surface area contributed by atoms with Gasteiger partial charge in [-0.3, -0.25) is 4.79 Å². The highest BCUT2D eigenvalue weighted by atomic mass is 32.2. The normalized spacial score (nSPS) is 26.6. The van der Waals surface area contributed by atoms with Gasteiger partial charge in [-0.1, -0.05) is 30.0 Å². The summed E-state index contributed by atoms with van der Waals surface area (Å²) in [7, 11) is -1.41. The van der Waals surface area contributed by atoms with Crippen LogP contribution in [-0.4, -0.2) is 60.8 Å². The third kappa shape index (κ3) is 3.44. The van der Waals surface area contributed by atoms with Crippen LogP contribution >= 0.6 is 11.8 Å². The molecule has 1 aromatic carbocycles. The van der Waals surface area contributed by atoms with Gasteiger partial charge in [0.15, 0.2) is 15.0 Å². The number of para-hydroxylation sites is 1. The first-order valence-electron chi connectivity index (χ1n) is 7.80. The fourth-order valence-corrected chi connectivity index (χ4v) is 7.20. The molecule has 2 unspecified atom stereocenters. The molecule has 0 bridgehead atoms. The molecule has 2 saturated heterocycles. The number of hydrogen-bond donors (Lipinski definition) is 0. The van der Waals surface area contributed by atoms with Gasteiger partial charge < -0.3 is 9.64 Å². The maximum atomic E-state index is 12.3. The molecule has 2 aliphatic heterocycles. The molecule has 3 rings (SSSR count). The number of amidine groups is 1. The van der Waals surface area contributed by atoms with Crippen molar-refractivity contribution in [2.75, 3.05) is 25.2 Å². The summed E-state index contributed by atoms with van der Waals surface area (Å²) in [5.74, 6) is 0.736.